The van der Waals surface area contributed by atoms with Crippen LogP contribution in [0.15, 0.2) is 12.1 Å². The zero-order valence-electron chi connectivity index (χ0n) is 16.4. The van der Waals surface area contributed by atoms with E-state index in [1.54, 1.807) is 20.8 Å². The number of rotatable bonds is 4. The first kappa shape index (κ1) is 20.6. The van der Waals surface area contributed by atoms with Gasteiger partial charge in [-0.1, -0.05) is 26.8 Å². The van der Waals surface area contributed by atoms with E-state index in [1.807, 2.05) is 20.8 Å². The minimum atomic E-state index is -1.06. The lowest BCUT2D eigenvalue weighted by Gasteiger charge is -2.26. The standard InChI is InChI=1S/C20H28F2O4/c1-10(2)16-11(3)14(18(25-16)19(23)26-20(4,5)6)12-8-9-13(21)15(22)17(12)24-7/h8-11,14,16,18H,1-7H3/t11-,14-,16-,18-/m0/s1. The normalized spacial score (nSPS) is 26.2. The van der Waals surface area contributed by atoms with Crippen LogP contribution in [0.2, 0.25) is 0 Å². The van der Waals surface area contributed by atoms with Crippen LogP contribution in [-0.2, 0) is 14.3 Å². The fourth-order valence-corrected chi connectivity index (χ4v) is 3.65. The molecule has 0 bridgehead atoms. The van der Waals surface area contributed by atoms with Gasteiger partial charge < -0.3 is 14.2 Å². The lowest BCUT2D eigenvalue weighted by molar-refractivity contribution is -0.169. The molecule has 1 aliphatic heterocycles. The number of hydrogen-bond donors (Lipinski definition) is 0. The van der Waals surface area contributed by atoms with Crippen LogP contribution in [0.4, 0.5) is 8.78 Å². The molecule has 146 valence electrons. The Kier molecular flexibility index (Phi) is 5.95. The third kappa shape index (κ3) is 4.00. The highest BCUT2D eigenvalue weighted by atomic mass is 19.2. The summed E-state index contributed by atoms with van der Waals surface area (Å²) in [4.78, 5) is 12.8. The summed E-state index contributed by atoms with van der Waals surface area (Å²) in [5.74, 6) is -3.21. The molecule has 1 heterocycles. The largest absolute Gasteiger partial charge is 0.493 e. The number of halogens is 2. The minimum Gasteiger partial charge on any atom is -0.493 e. The van der Waals surface area contributed by atoms with E-state index in [-0.39, 0.29) is 23.7 Å². The Labute approximate surface area is 153 Å². The Morgan fingerprint density at radius 1 is 1.23 bits per heavy atom. The summed E-state index contributed by atoms with van der Waals surface area (Å²) in [5, 5.41) is 0. The highest BCUT2D eigenvalue weighted by molar-refractivity contribution is 5.77. The molecule has 0 radical (unpaired) electrons. The zero-order chi connectivity index (χ0) is 19.8. The van der Waals surface area contributed by atoms with Crippen LogP contribution in [0.1, 0.15) is 53.0 Å². The maximum absolute atomic E-state index is 14.2. The summed E-state index contributed by atoms with van der Waals surface area (Å²) >= 11 is 0. The van der Waals surface area contributed by atoms with Crippen molar-refractivity contribution in [3.63, 3.8) is 0 Å². The van der Waals surface area contributed by atoms with Crippen LogP contribution < -0.4 is 4.74 Å². The summed E-state index contributed by atoms with van der Waals surface area (Å²) in [7, 11) is 1.28. The molecule has 26 heavy (non-hydrogen) atoms. The van der Waals surface area contributed by atoms with E-state index in [0.29, 0.717) is 5.56 Å². The van der Waals surface area contributed by atoms with E-state index in [0.717, 1.165) is 6.07 Å². The average molecular weight is 370 g/mol. The van der Waals surface area contributed by atoms with Crippen molar-refractivity contribution in [3.05, 3.63) is 29.3 Å². The topological polar surface area (TPSA) is 44.8 Å². The van der Waals surface area contributed by atoms with Crippen LogP contribution in [0.3, 0.4) is 0 Å². The van der Waals surface area contributed by atoms with Gasteiger partial charge in [0.15, 0.2) is 17.7 Å². The Balaban J connectivity index is 2.51. The van der Waals surface area contributed by atoms with Crippen molar-refractivity contribution in [2.75, 3.05) is 7.11 Å². The van der Waals surface area contributed by atoms with Crippen molar-refractivity contribution in [1.82, 2.24) is 0 Å². The molecule has 1 aromatic rings. The predicted octanol–water partition coefficient (Wildman–Crippen LogP) is 4.46. The second-order valence-corrected chi connectivity index (χ2v) is 8.17. The van der Waals surface area contributed by atoms with Gasteiger partial charge in [0.25, 0.3) is 0 Å². The van der Waals surface area contributed by atoms with Crippen molar-refractivity contribution < 1.29 is 27.8 Å². The number of ether oxygens (including phenoxy) is 3. The molecule has 0 unspecified atom stereocenters. The van der Waals surface area contributed by atoms with E-state index < -0.39 is 35.2 Å². The monoisotopic (exact) mass is 370 g/mol. The third-order valence-electron chi connectivity index (χ3n) is 4.65. The van der Waals surface area contributed by atoms with Gasteiger partial charge in [-0.15, -0.1) is 0 Å². The molecule has 1 aromatic carbocycles. The van der Waals surface area contributed by atoms with E-state index in [9.17, 15) is 13.6 Å². The van der Waals surface area contributed by atoms with Gasteiger partial charge in [0, 0.05) is 11.5 Å². The molecule has 1 aliphatic rings. The number of hydrogen-bond acceptors (Lipinski definition) is 4. The Bertz CT molecular complexity index is 667. The lowest BCUT2D eigenvalue weighted by atomic mass is 9.80. The number of methoxy groups -OCH3 is 1. The van der Waals surface area contributed by atoms with E-state index in [4.69, 9.17) is 14.2 Å². The molecule has 1 fully saturated rings. The quantitative estimate of drug-likeness (QED) is 0.734. The van der Waals surface area contributed by atoms with Gasteiger partial charge in [0.2, 0.25) is 5.82 Å². The van der Waals surface area contributed by atoms with Crippen LogP contribution in [-0.4, -0.2) is 30.9 Å². The van der Waals surface area contributed by atoms with Gasteiger partial charge >= 0.3 is 5.97 Å². The van der Waals surface area contributed by atoms with Crippen LogP contribution >= 0.6 is 0 Å². The maximum atomic E-state index is 14.2. The highest BCUT2D eigenvalue weighted by Crippen LogP contribution is 2.46. The van der Waals surface area contributed by atoms with Crippen LogP contribution in [0, 0.1) is 23.5 Å². The average Bonchev–Trinajstić information content (AvgIpc) is 2.86. The molecule has 0 amide bonds. The fraction of sp³-hybridized carbons (Fsp3) is 0.650. The first-order chi connectivity index (χ1) is 12.0. The first-order valence-electron chi connectivity index (χ1n) is 8.88. The Hall–Kier alpha value is -1.69. The first-order valence-corrected chi connectivity index (χ1v) is 8.88. The number of carbonyl (C=O) groups excluding carboxylic acids is 1. The van der Waals surface area contributed by atoms with Gasteiger partial charge in [-0.25, -0.2) is 9.18 Å². The zero-order valence-corrected chi connectivity index (χ0v) is 16.4. The van der Waals surface area contributed by atoms with Crippen molar-refractivity contribution in [2.45, 2.75) is 65.3 Å². The summed E-state index contributed by atoms with van der Waals surface area (Å²) < 4.78 is 44.5. The van der Waals surface area contributed by atoms with Crippen molar-refractivity contribution in [1.29, 1.82) is 0 Å². The molecule has 6 heteroatoms. The van der Waals surface area contributed by atoms with Gasteiger partial charge in [-0.2, -0.15) is 4.39 Å². The molecule has 0 saturated carbocycles. The van der Waals surface area contributed by atoms with Crippen LogP contribution in [0.5, 0.6) is 5.75 Å². The molecule has 0 N–H and O–H groups in total. The van der Waals surface area contributed by atoms with Crippen molar-refractivity contribution in [2.24, 2.45) is 11.8 Å². The van der Waals surface area contributed by atoms with Crippen LogP contribution in [0.25, 0.3) is 0 Å². The highest BCUT2D eigenvalue weighted by Gasteiger charge is 2.49. The molecule has 0 aromatic heterocycles. The number of carbonyl (C=O) groups is 1. The van der Waals surface area contributed by atoms with E-state index in [1.165, 1.54) is 13.2 Å². The van der Waals surface area contributed by atoms with Crippen molar-refractivity contribution >= 4 is 5.97 Å². The maximum Gasteiger partial charge on any atom is 0.336 e. The second kappa shape index (κ2) is 7.51. The Morgan fingerprint density at radius 3 is 2.35 bits per heavy atom. The summed E-state index contributed by atoms with van der Waals surface area (Å²) in [6, 6.07) is 2.51. The number of benzene rings is 1. The fourth-order valence-electron chi connectivity index (χ4n) is 3.65. The number of esters is 1. The smallest absolute Gasteiger partial charge is 0.336 e. The molecular weight excluding hydrogens is 342 g/mol. The summed E-state index contributed by atoms with van der Waals surface area (Å²) in [5.41, 5.74) is -0.264. The summed E-state index contributed by atoms with van der Waals surface area (Å²) in [6.45, 7) is 11.3. The second-order valence-electron chi connectivity index (χ2n) is 8.17. The minimum absolute atomic E-state index is 0.105. The van der Waals surface area contributed by atoms with E-state index >= 15 is 0 Å². The van der Waals surface area contributed by atoms with Gasteiger partial charge in [0.1, 0.15) is 5.60 Å². The van der Waals surface area contributed by atoms with Gasteiger partial charge in [-0.3, -0.25) is 0 Å². The van der Waals surface area contributed by atoms with Gasteiger partial charge in [-0.05, 0) is 38.7 Å². The molecule has 0 spiro atoms. The molecule has 0 aliphatic carbocycles. The SMILES string of the molecule is COc1c([C@@H]2[C@H](C)[C@H](C(C)C)O[C@@H]2C(=O)OC(C)(C)C)ccc(F)c1F. The molecular formula is C20H28F2O4. The van der Waals surface area contributed by atoms with Crippen molar-refractivity contribution in [3.8, 4) is 5.75 Å². The Morgan fingerprint density at radius 2 is 1.85 bits per heavy atom. The van der Waals surface area contributed by atoms with E-state index in [2.05, 4.69) is 0 Å². The molecule has 1 saturated heterocycles. The predicted molar refractivity (Wildman–Crippen MR) is 94.2 cm³/mol. The lowest BCUT2D eigenvalue weighted by Crippen LogP contribution is -2.35. The summed E-state index contributed by atoms with van der Waals surface area (Å²) in [6.07, 6.45) is -1.12. The molecule has 4 nitrogen and oxygen atoms in total. The third-order valence-corrected chi connectivity index (χ3v) is 4.65. The van der Waals surface area contributed by atoms with Gasteiger partial charge in [0.05, 0.1) is 13.2 Å². The molecule has 2 rings (SSSR count). The molecule has 4 atom stereocenters.